The van der Waals surface area contributed by atoms with Gasteiger partial charge in [-0.05, 0) is 29.7 Å². The van der Waals surface area contributed by atoms with Gasteiger partial charge >= 0.3 is 5.97 Å². The SMILES string of the molecule is CC(=O)Oc1ccccc1C1Cc2c(cc(C=O)n2C)C2C(=O)NC(=O)C12. The molecule has 0 radical (unpaired) electrons. The van der Waals surface area contributed by atoms with Crippen LogP contribution in [0.4, 0.5) is 0 Å². The number of rotatable bonds is 3. The zero-order chi connectivity index (χ0) is 19.3. The van der Waals surface area contributed by atoms with Crippen molar-refractivity contribution >= 4 is 24.1 Å². The Hall–Kier alpha value is -3.22. The number of aromatic nitrogens is 1. The quantitative estimate of drug-likeness (QED) is 0.384. The van der Waals surface area contributed by atoms with E-state index < -0.39 is 17.8 Å². The number of para-hydroxylation sites is 1. The minimum atomic E-state index is -0.656. The summed E-state index contributed by atoms with van der Waals surface area (Å²) in [5.41, 5.74) is 2.71. The zero-order valence-corrected chi connectivity index (χ0v) is 14.9. The van der Waals surface area contributed by atoms with Crippen molar-refractivity contribution in [2.45, 2.75) is 25.2 Å². The predicted molar refractivity (Wildman–Crippen MR) is 94.4 cm³/mol. The van der Waals surface area contributed by atoms with Gasteiger partial charge in [0.25, 0.3) is 0 Å². The van der Waals surface area contributed by atoms with Crippen LogP contribution in [-0.2, 0) is 27.9 Å². The van der Waals surface area contributed by atoms with Crippen molar-refractivity contribution in [3.05, 3.63) is 52.8 Å². The van der Waals surface area contributed by atoms with Crippen LogP contribution >= 0.6 is 0 Å². The maximum atomic E-state index is 12.6. The average molecular weight is 366 g/mol. The lowest BCUT2D eigenvalue weighted by Crippen LogP contribution is -2.31. The molecule has 7 heteroatoms. The molecule has 4 rings (SSSR count). The third kappa shape index (κ3) is 2.58. The smallest absolute Gasteiger partial charge is 0.308 e. The molecule has 1 N–H and O–H groups in total. The summed E-state index contributed by atoms with van der Waals surface area (Å²) in [6.07, 6.45) is 1.20. The van der Waals surface area contributed by atoms with E-state index in [0.717, 1.165) is 12.0 Å². The van der Waals surface area contributed by atoms with Crippen molar-refractivity contribution in [2.24, 2.45) is 13.0 Å². The minimum Gasteiger partial charge on any atom is -0.426 e. The molecule has 0 saturated carbocycles. The monoisotopic (exact) mass is 366 g/mol. The topological polar surface area (TPSA) is 94.5 Å². The number of nitrogens with one attached hydrogen (secondary N) is 1. The minimum absolute atomic E-state index is 0.338. The molecule has 1 aromatic carbocycles. The number of ether oxygens (including phenoxy) is 1. The summed E-state index contributed by atoms with van der Waals surface area (Å²) in [5.74, 6) is -2.38. The second kappa shape index (κ2) is 6.19. The highest BCUT2D eigenvalue weighted by Gasteiger charge is 2.52. The first-order chi connectivity index (χ1) is 12.9. The van der Waals surface area contributed by atoms with E-state index in [4.69, 9.17) is 4.74 Å². The number of esters is 1. The highest BCUT2D eigenvalue weighted by atomic mass is 16.5. The van der Waals surface area contributed by atoms with Gasteiger partial charge in [0.1, 0.15) is 5.75 Å². The molecule has 1 saturated heterocycles. The Bertz CT molecular complexity index is 990. The van der Waals surface area contributed by atoms with Crippen LogP contribution in [0, 0.1) is 5.92 Å². The van der Waals surface area contributed by atoms with Crippen LogP contribution < -0.4 is 10.1 Å². The molecule has 138 valence electrons. The number of aldehydes is 1. The molecule has 0 spiro atoms. The molecule has 1 aliphatic heterocycles. The van der Waals surface area contributed by atoms with E-state index in [1.165, 1.54) is 6.92 Å². The molecule has 3 unspecified atom stereocenters. The fourth-order valence-corrected chi connectivity index (χ4v) is 4.35. The maximum absolute atomic E-state index is 12.6. The lowest BCUT2D eigenvalue weighted by Gasteiger charge is -2.32. The number of fused-ring (bicyclic) bond motifs is 3. The summed E-state index contributed by atoms with van der Waals surface area (Å²) in [4.78, 5) is 48.0. The van der Waals surface area contributed by atoms with Gasteiger partial charge in [-0.3, -0.25) is 24.5 Å². The number of carbonyl (C=O) groups is 4. The predicted octanol–water partition coefficient (Wildman–Crippen LogP) is 1.46. The van der Waals surface area contributed by atoms with Crippen LogP contribution in [0.25, 0.3) is 0 Å². The first-order valence-electron chi connectivity index (χ1n) is 8.68. The van der Waals surface area contributed by atoms with E-state index in [2.05, 4.69) is 5.32 Å². The molecule has 7 nitrogen and oxygen atoms in total. The lowest BCUT2D eigenvalue weighted by molar-refractivity contribution is -0.132. The Balaban J connectivity index is 1.89. The number of hydrogen-bond donors (Lipinski definition) is 1. The second-order valence-corrected chi connectivity index (χ2v) is 6.95. The summed E-state index contributed by atoms with van der Waals surface area (Å²) >= 11 is 0. The molecular weight excluding hydrogens is 348 g/mol. The Morgan fingerprint density at radius 3 is 2.67 bits per heavy atom. The fraction of sp³-hybridized carbons (Fsp3) is 0.300. The summed E-state index contributed by atoms with van der Waals surface area (Å²) in [5, 5.41) is 2.42. The van der Waals surface area contributed by atoms with Gasteiger partial charge in [-0.15, -0.1) is 0 Å². The molecule has 1 fully saturated rings. The van der Waals surface area contributed by atoms with Crippen LogP contribution in [0.1, 0.15) is 46.1 Å². The molecular formula is C20H18N2O5. The van der Waals surface area contributed by atoms with Crippen LogP contribution in [0.2, 0.25) is 0 Å². The average Bonchev–Trinajstić information content (AvgIpc) is 3.11. The molecule has 1 aromatic heterocycles. The summed E-state index contributed by atoms with van der Waals surface area (Å²) in [6.45, 7) is 1.32. The van der Waals surface area contributed by atoms with Crippen LogP contribution in [0.3, 0.4) is 0 Å². The number of amides is 2. The number of benzene rings is 1. The van der Waals surface area contributed by atoms with Gasteiger partial charge < -0.3 is 9.30 Å². The maximum Gasteiger partial charge on any atom is 0.308 e. The highest BCUT2D eigenvalue weighted by molar-refractivity contribution is 6.09. The van der Waals surface area contributed by atoms with Crippen molar-refractivity contribution in [3.8, 4) is 5.75 Å². The normalized spacial score (nSPS) is 23.4. The number of hydrogen-bond acceptors (Lipinski definition) is 5. The fourth-order valence-electron chi connectivity index (χ4n) is 4.35. The van der Waals surface area contributed by atoms with Gasteiger partial charge in [0.05, 0.1) is 17.5 Å². The van der Waals surface area contributed by atoms with Gasteiger partial charge in [0, 0.05) is 25.6 Å². The largest absolute Gasteiger partial charge is 0.426 e. The van der Waals surface area contributed by atoms with E-state index in [-0.39, 0.29) is 17.7 Å². The van der Waals surface area contributed by atoms with E-state index in [1.54, 1.807) is 29.8 Å². The highest BCUT2D eigenvalue weighted by Crippen LogP contribution is 2.49. The zero-order valence-electron chi connectivity index (χ0n) is 14.9. The first-order valence-corrected chi connectivity index (χ1v) is 8.68. The van der Waals surface area contributed by atoms with Gasteiger partial charge in [-0.25, -0.2) is 0 Å². The number of imide groups is 1. The van der Waals surface area contributed by atoms with Crippen LogP contribution in [-0.4, -0.2) is 28.6 Å². The Kier molecular flexibility index (Phi) is 3.95. The first kappa shape index (κ1) is 17.2. The molecule has 1 aliphatic carbocycles. The number of nitrogens with zero attached hydrogens (tertiary/aromatic N) is 1. The molecule has 27 heavy (non-hydrogen) atoms. The Morgan fingerprint density at radius 2 is 1.96 bits per heavy atom. The van der Waals surface area contributed by atoms with Crippen LogP contribution in [0.5, 0.6) is 5.75 Å². The lowest BCUT2D eigenvalue weighted by atomic mass is 9.69. The van der Waals surface area contributed by atoms with Gasteiger partial charge in [-0.2, -0.15) is 0 Å². The Morgan fingerprint density at radius 1 is 1.22 bits per heavy atom. The van der Waals surface area contributed by atoms with Crippen LogP contribution in [0.15, 0.2) is 30.3 Å². The second-order valence-electron chi connectivity index (χ2n) is 6.95. The van der Waals surface area contributed by atoms with E-state index in [1.807, 2.05) is 12.1 Å². The molecule has 0 bridgehead atoms. The van der Waals surface area contributed by atoms with Crippen molar-refractivity contribution < 1.29 is 23.9 Å². The molecule has 2 aliphatic rings. The van der Waals surface area contributed by atoms with Crippen molar-refractivity contribution in [1.29, 1.82) is 0 Å². The van der Waals surface area contributed by atoms with Gasteiger partial charge in [0.15, 0.2) is 6.29 Å². The van der Waals surface area contributed by atoms with E-state index in [0.29, 0.717) is 29.0 Å². The summed E-state index contributed by atoms with van der Waals surface area (Å²) in [7, 11) is 1.77. The molecule has 2 amide bonds. The third-order valence-electron chi connectivity index (χ3n) is 5.49. The number of carbonyl (C=O) groups excluding carboxylic acids is 4. The molecule has 3 atom stereocenters. The third-order valence-corrected chi connectivity index (χ3v) is 5.49. The summed E-state index contributed by atoms with van der Waals surface area (Å²) in [6, 6.07) is 8.73. The van der Waals surface area contributed by atoms with Gasteiger partial charge in [-0.1, -0.05) is 18.2 Å². The van der Waals surface area contributed by atoms with Gasteiger partial charge in [0.2, 0.25) is 11.8 Å². The van der Waals surface area contributed by atoms with E-state index >= 15 is 0 Å². The van der Waals surface area contributed by atoms with E-state index in [9.17, 15) is 19.2 Å². The molecule has 2 heterocycles. The van der Waals surface area contributed by atoms with Crippen molar-refractivity contribution in [3.63, 3.8) is 0 Å². The van der Waals surface area contributed by atoms with Crippen molar-refractivity contribution in [1.82, 2.24) is 9.88 Å². The standard InChI is InChI=1S/C20H18N2O5/c1-10(24)27-16-6-4-3-5-12(16)13-8-15-14(7-11(9-23)22(15)2)18-17(13)19(25)21-20(18)26/h3-7,9,13,17-18H,8H2,1-2H3,(H,21,25,26). The molecule has 2 aromatic rings. The Labute approximate surface area is 155 Å². The van der Waals surface area contributed by atoms with Crippen molar-refractivity contribution in [2.75, 3.05) is 0 Å². The summed E-state index contributed by atoms with van der Waals surface area (Å²) < 4.78 is 7.10.